The van der Waals surface area contributed by atoms with E-state index in [1.165, 1.54) is 4.31 Å². The molecule has 192 valence electrons. The fourth-order valence-corrected chi connectivity index (χ4v) is 4.97. The van der Waals surface area contributed by atoms with Crippen LogP contribution in [-0.2, 0) is 26.2 Å². The van der Waals surface area contributed by atoms with Gasteiger partial charge in [0, 0.05) is 30.6 Å². The second-order valence-electron chi connectivity index (χ2n) is 9.16. The van der Waals surface area contributed by atoms with Gasteiger partial charge in [0.25, 0.3) is 0 Å². The summed E-state index contributed by atoms with van der Waals surface area (Å²) in [6.07, 6.45) is 1.52. The molecular weight excluding hydrogens is 486 g/mol. The maximum absolute atomic E-state index is 13.3. The van der Waals surface area contributed by atoms with Gasteiger partial charge in [0.1, 0.15) is 6.04 Å². The predicted molar refractivity (Wildman–Crippen MR) is 142 cm³/mol. The summed E-state index contributed by atoms with van der Waals surface area (Å²) in [5, 5.41) is 3.31. The molecule has 0 aromatic heterocycles. The number of halogens is 1. The Balaban J connectivity index is 2.22. The highest BCUT2D eigenvalue weighted by molar-refractivity contribution is 7.92. The topological polar surface area (TPSA) is 86.8 Å². The lowest BCUT2D eigenvalue weighted by Gasteiger charge is -2.30. The summed E-state index contributed by atoms with van der Waals surface area (Å²) >= 11 is 6.11. The Morgan fingerprint density at radius 2 is 1.69 bits per heavy atom. The normalized spacial score (nSPS) is 12.3. The first-order chi connectivity index (χ1) is 16.3. The SMILES string of the molecule is Cc1ccccc1CN(C(=O)CCCN(c1cc(Cl)ccc1C)S(C)(=O)=O)C(C)C(=O)NC(C)C. The highest BCUT2D eigenvalue weighted by Gasteiger charge is 2.27. The Kier molecular flexibility index (Phi) is 10.2. The minimum absolute atomic E-state index is 0.0513. The van der Waals surface area contributed by atoms with Crippen LogP contribution >= 0.6 is 11.6 Å². The van der Waals surface area contributed by atoms with E-state index in [1.807, 2.05) is 52.0 Å². The molecule has 2 aromatic carbocycles. The lowest BCUT2D eigenvalue weighted by Crippen LogP contribution is -2.49. The number of nitrogens with one attached hydrogen (secondary N) is 1. The fraction of sp³-hybridized carbons (Fsp3) is 0.462. The molecule has 0 bridgehead atoms. The van der Waals surface area contributed by atoms with Crippen molar-refractivity contribution >= 4 is 39.1 Å². The highest BCUT2D eigenvalue weighted by atomic mass is 35.5. The van der Waals surface area contributed by atoms with Gasteiger partial charge in [0.2, 0.25) is 21.8 Å². The van der Waals surface area contributed by atoms with Crippen LogP contribution in [0.15, 0.2) is 42.5 Å². The van der Waals surface area contributed by atoms with Gasteiger partial charge in [-0.2, -0.15) is 0 Å². The number of benzene rings is 2. The number of rotatable bonds is 11. The second kappa shape index (κ2) is 12.4. The second-order valence-corrected chi connectivity index (χ2v) is 11.5. The number of hydrogen-bond donors (Lipinski definition) is 1. The summed E-state index contributed by atoms with van der Waals surface area (Å²) in [6.45, 7) is 9.65. The molecule has 7 nitrogen and oxygen atoms in total. The molecule has 9 heteroatoms. The number of aryl methyl sites for hydroxylation is 2. The molecule has 2 amide bonds. The van der Waals surface area contributed by atoms with Crippen molar-refractivity contribution < 1.29 is 18.0 Å². The number of amides is 2. The number of hydrogen-bond acceptors (Lipinski definition) is 4. The monoisotopic (exact) mass is 521 g/mol. The lowest BCUT2D eigenvalue weighted by molar-refractivity contribution is -0.140. The highest BCUT2D eigenvalue weighted by Crippen LogP contribution is 2.27. The first kappa shape index (κ1) is 28.7. The van der Waals surface area contributed by atoms with E-state index in [0.29, 0.717) is 23.7 Å². The van der Waals surface area contributed by atoms with Crippen LogP contribution in [0.4, 0.5) is 5.69 Å². The van der Waals surface area contributed by atoms with E-state index < -0.39 is 16.1 Å². The lowest BCUT2D eigenvalue weighted by atomic mass is 10.1. The molecule has 0 aliphatic carbocycles. The zero-order chi connectivity index (χ0) is 26.3. The van der Waals surface area contributed by atoms with Crippen LogP contribution in [0.5, 0.6) is 0 Å². The summed E-state index contributed by atoms with van der Waals surface area (Å²) in [4.78, 5) is 27.6. The van der Waals surface area contributed by atoms with Crippen molar-refractivity contribution in [2.24, 2.45) is 0 Å². The van der Waals surface area contributed by atoms with E-state index in [2.05, 4.69) is 5.32 Å². The summed E-state index contributed by atoms with van der Waals surface area (Å²) < 4.78 is 26.3. The molecule has 0 fully saturated rings. The van der Waals surface area contributed by atoms with Gasteiger partial charge >= 0.3 is 0 Å². The van der Waals surface area contributed by atoms with E-state index in [1.54, 1.807) is 30.0 Å². The van der Waals surface area contributed by atoms with Gasteiger partial charge in [-0.15, -0.1) is 0 Å². The standard InChI is InChI=1S/C26H36ClN3O4S/c1-18(2)28-26(32)21(5)29(17-22-11-8-7-10-19(22)3)25(31)12-9-15-30(35(6,33)34)24-16-23(27)14-13-20(24)4/h7-8,10-11,13-14,16,18,21H,9,12,15,17H2,1-6H3,(H,28,32). The number of anilines is 1. The number of sulfonamides is 1. The Morgan fingerprint density at radius 1 is 1.03 bits per heavy atom. The first-order valence-corrected chi connectivity index (χ1v) is 13.9. The van der Waals surface area contributed by atoms with Gasteiger partial charge in [-0.25, -0.2) is 8.42 Å². The summed E-state index contributed by atoms with van der Waals surface area (Å²) in [7, 11) is -3.59. The molecule has 2 aromatic rings. The molecule has 2 rings (SSSR count). The van der Waals surface area contributed by atoms with Gasteiger partial charge < -0.3 is 10.2 Å². The number of carbonyl (C=O) groups excluding carboxylic acids is 2. The average Bonchev–Trinajstić information content (AvgIpc) is 2.76. The van der Waals surface area contributed by atoms with Gasteiger partial charge in [-0.1, -0.05) is 41.9 Å². The minimum Gasteiger partial charge on any atom is -0.352 e. The Hall–Kier alpha value is -2.58. The van der Waals surface area contributed by atoms with E-state index in [4.69, 9.17) is 11.6 Å². The van der Waals surface area contributed by atoms with Crippen molar-refractivity contribution in [3.8, 4) is 0 Å². The van der Waals surface area contributed by atoms with Crippen LogP contribution in [0.1, 0.15) is 50.3 Å². The Bertz CT molecular complexity index is 1150. The van der Waals surface area contributed by atoms with Crippen LogP contribution in [0, 0.1) is 13.8 Å². The van der Waals surface area contributed by atoms with E-state index in [0.717, 1.165) is 22.9 Å². The fourth-order valence-electron chi connectivity index (χ4n) is 3.79. The molecule has 0 aliphatic rings. The van der Waals surface area contributed by atoms with E-state index in [9.17, 15) is 18.0 Å². The van der Waals surface area contributed by atoms with Crippen molar-refractivity contribution in [1.29, 1.82) is 0 Å². The molecule has 0 aliphatic heterocycles. The zero-order valence-electron chi connectivity index (χ0n) is 21.3. The van der Waals surface area contributed by atoms with Crippen molar-refractivity contribution in [2.75, 3.05) is 17.1 Å². The molecule has 1 atom stereocenters. The van der Waals surface area contributed by atoms with Crippen LogP contribution in [0.2, 0.25) is 5.02 Å². The molecule has 0 saturated carbocycles. The third kappa shape index (κ3) is 8.25. The third-order valence-electron chi connectivity index (χ3n) is 5.79. The molecule has 0 radical (unpaired) electrons. The quantitative estimate of drug-likeness (QED) is 0.473. The van der Waals surface area contributed by atoms with Crippen LogP contribution in [0.3, 0.4) is 0 Å². The van der Waals surface area contributed by atoms with Crippen molar-refractivity contribution in [3.05, 3.63) is 64.2 Å². The van der Waals surface area contributed by atoms with Crippen LogP contribution in [-0.4, -0.2) is 50.0 Å². The van der Waals surface area contributed by atoms with E-state index in [-0.39, 0.29) is 30.8 Å². The number of carbonyl (C=O) groups is 2. The molecule has 1 N–H and O–H groups in total. The van der Waals surface area contributed by atoms with Gasteiger partial charge in [0.05, 0.1) is 11.9 Å². The van der Waals surface area contributed by atoms with Crippen molar-refractivity contribution in [3.63, 3.8) is 0 Å². The van der Waals surface area contributed by atoms with Crippen molar-refractivity contribution in [1.82, 2.24) is 10.2 Å². The molecule has 0 heterocycles. The Labute approximate surface area is 214 Å². The maximum atomic E-state index is 13.3. The summed E-state index contributed by atoms with van der Waals surface area (Å²) in [5.74, 6) is -0.440. The molecule has 1 unspecified atom stereocenters. The summed E-state index contributed by atoms with van der Waals surface area (Å²) in [5.41, 5.74) is 3.25. The maximum Gasteiger partial charge on any atom is 0.242 e. The first-order valence-electron chi connectivity index (χ1n) is 11.7. The van der Waals surface area contributed by atoms with Gasteiger partial charge in [0.15, 0.2) is 0 Å². The third-order valence-corrected chi connectivity index (χ3v) is 7.21. The smallest absolute Gasteiger partial charge is 0.242 e. The summed E-state index contributed by atoms with van der Waals surface area (Å²) in [6, 6.07) is 12.1. The zero-order valence-corrected chi connectivity index (χ0v) is 22.9. The predicted octanol–water partition coefficient (Wildman–Crippen LogP) is 4.44. The molecular formula is C26H36ClN3O4S. The van der Waals surface area contributed by atoms with Gasteiger partial charge in [-0.05, 0) is 69.9 Å². The molecule has 0 saturated heterocycles. The van der Waals surface area contributed by atoms with Gasteiger partial charge in [-0.3, -0.25) is 13.9 Å². The minimum atomic E-state index is -3.59. The number of nitrogens with zero attached hydrogens (tertiary/aromatic N) is 2. The van der Waals surface area contributed by atoms with E-state index >= 15 is 0 Å². The van der Waals surface area contributed by atoms with Crippen LogP contribution in [0.25, 0.3) is 0 Å². The Morgan fingerprint density at radius 3 is 2.29 bits per heavy atom. The van der Waals surface area contributed by atoms with Crippen molar-refractivity contribution in [2.45, 2.75) is 66.1 Å². The average molecular weight is 522 g/mol. The molecule has 35 heavy (non-hydrogen) atoms. The largest absolute Gasteiger partial charge is 0.352 e. The van der Waals surface area contributed by atoms with Crippen LogP contribution < -0.4 is 9.62 Å². The molecule has 0 spiro atoms.